The first kappa shape index (κ1) is 12.5. The molecule has 0 heterocycles. The summed E-state index contributed by atoms with van der Waals surface area (Å²) in [6.07, 6.45) is 1.07. The van der Waals surface area contributed by atoms with Gasteiger partial charge >= 0.3 is 0 Å². The average Bonchev–Trinajstić information content (AvgIpc) is 2.21. The Balaban J connectivity index is 2.81. The molecule has 0 aliphatic rings. The molecule has 2 N–H and O–H groups in total. The van der Waals surface area contributed by atoms with Crippen molar-refractivity contribution >= 4 is 11.6 Å². The molecular formula is C13H20ClN. The lowest BCUT2D eigenvalue weighted by molar-refractivity contribution is 0.459. The fourth-order valence-electron chi connectivity index (χ4n) is 1.79. The first-order valence-corrected chi connectivity index (χ1v) is 5.90. The lowest BCUT2D eigenvalue weighted by atomic mass is 9.86. The Labute approximate surface area is 97.6 Å². The summed E-state index contributed by atoms with van der Waals surface area (Å²) in [5.41, 5.74) is 8.09. The van der Waals surface area contributed by atoms with Gasteiger partial charge in [-0.3, -0.25) is 0 Å². The zero-order valence-corrected chi connectivity index (χ0v) is 10.5. The summed E-state index contributed by atoms with van der Waals surface area (Å²) in [6.45, 7) is 7.31. The van der Waals surface area contributed by atoms with Crippen LogP contribution >= 0.6 is 11.6 Å². The third kappa shape index (κ3) is 3.22. The molecule has 0 saturated carbocycles. The minimum atomic E-state index is 0.546. The van der Waals surface area contributed by atoms with Gasteiger partial charge in [-0.15, -0.1) is 0 Å². The van der Waals surface area contributed by atoms with E-state index in [1.165, 1.54) is 5.56 Å². The Morgan fingerprint density at radius 2 is 2.00 bits per heavy atom. The highest BCUT2D eigenvalue weighted by atomic mass is 35.5. The number of aryl methyl sites for hydroxylation is 1. The molecule has 15 heavy (non-hydrogen) atoms. The first-order valence-electron chi connectivity index (χ1n) is 5.52. The van der Waals surface area contributed by atoms with Crippen LogP contribution in [0.25, 0.3) is 0 Å². The van der Waals surface area contributed by atoms with Crippen LogP contribution in [0.3, 0.4) is 0 Å². The Kier molecular flexibility index (Phi) is 4.62. The topological polar surface area (TPSA) is 26.0 Å². The van der Waals surface area contributed by atoms with Gasteiger partial charge < -0.3 is 5.73 Å². The molecule has 0 spiro atoms. The molecule has 0 aromatic heterocycles. The molecule has 1 rings (SSSR count). The van der Waals surface area contributed by atoms with Crippen LogP contribution in [0, 0.1) is 12.8 Å². The molecule has 84 valence electrons. The Morgan fingerprint density at radius 3 is 2.53 bits per heavy atom. The molecule has 0 fully saturated rings. The van der Waals surface area contributed by atoms with Crippen molar-refractivity contribution < 1.29 is 0 Å². The number of hydrogen-bond donors (Lipinski definition) is 1. The second kappa shape index (κ2) is 5.53. The van der Waals surface area contributed by atoms with Gasteiger partial charge in [0.25, 0.3) is 0 Å². The fourth-order valence-corrected chi connectivity index (χ4v) is 1.91. The van der Waals surface area contributed by atoms with E-state index in [1.54, 1.807) is 0 Å². The standard InChI is InChI=1S/C13H20ClN/c1-9(6-7-15)11(3)12-4-5-13(14)10(2)8-12/h4-5,8-9,11H,6-7,15H2,1-3H3. The van der Waals surface area contributed by atoms with Gasteiger partial charge in [0.15, 0.2) is 0 Å². The predicted octanol–water partition coefficient (Wildman–Crippen LogP) is 3.74. The highest BCUT2D eigenvalue weighted by Crippen LogP contribution is 2.28. The Hall–Kier alpha value is -0.530. The predicted molar refractivity (Wildman–Crippen MR) is 67.4 cm³/mol. The quantitative estimate of drug-likeness (QED) is 0.830. The van der Waals surface area contributed by atoms with Crippen molar-refractivity contribution in [3.05, 3.63) is 34.3 Å². The van der Waals surface area contributed by atoms with Crippen LogP contribution in [-0.2, 0) is 0 Å². The maximum Gasteiger partial charge on any atom is 0.0435 e. The van der Waals surface area contributed by atoms with Crippen molar-refractivity contribution in [2.24, 2.45) is 11.7 Å². The van der Waals surface area contributed by atoms with Crippen molar-refractivity contribution in [1.29, 1.82) is 0 Å². The number of nitrogens with two attached hydrogens (primary N) is 1. The lowest BCUT2D eigenvalue weighted by Gasteiger charge is -2.20. The van der Waals surface area contributed by atoms with Crippen molar-refractivity contribution in [3.8, 4) is 0 Å². The van der Waals surface area contributed by atoms with E-state index < -0.39 is 0 Å². The van der Waals surface area contributed by atoms with Crippen LogP contribution in [0.1, 0.15) is 37.3 Å². The summed E-state index contributed by atoms with van der Waals surface area (Å²) >= 11 is 6.01. The summed E-state index contributed by atoms with van der Waals surface area (Å²) in [5, 5.41) is 0.845. The minimum absolute atomic E-state index is 0.546. The van der Waals surface area contributed by atoms with Gasteiger partial charge in [0.2, 0.25) is 0 Å². The van der Waals surface area contributed by atoms with Crippen LogP contribution in [0.5, 0.6) is 0 Å². The van der Waals surface area contributed by atoms with Gasteiger partial charge in [0.1, 0.15) is 0 Å². The molecule has 0 bridgehead atoms. The molecular weight excluding hydrogens is 206 g/mol. The monoisotopic (exact) mass is 225 g/mol. The molecule has 1 aromatic carbocycles. The van der Waals surface area contributed by atoms with Crippen molar-refractivity contribution in [2.45, 2.75) is 33.1 Å². The highest BCUT2D eigenvalue weighted by Gasteiger charge is 2.14. The van der Waals surface area contributed by atoms with Gasteiger partial charge in [0, 0.05) is 5.02 Å². The molecule has 0 amide bonds. The van der Waals surface area contributed by atoms with Gasteiger partial charge in [0.05, 0.1) is 0 Å². The van der Waals surface area contributed by atoms with Crippen LogP contribution < -0.4 is 5.73 Å². The molecule has 1 nitrogen and oxygen atoms in total. The van der Waals surface area contributed by atoms with Gasteiger partial charge in [-0.05, 0) is 48.9 Å². The second-order valence-electron chi connectivity index (χ2n) is 4.35. The maximum atomic E-state index is 6.01. The van der Waals surface area contributed by atoms with Crippen molar-refractivity contribution in [1.82, 2.24) is 0 Å². The number of hydrogen-bond acceptors (Lipinski definition) is 1. The number of rotatable bonds is 4. The second-order valence-corrected chi connectivity index (χ2v) is 4.76. The molecule has 0 saturated heterocycles. The first-order chi connectivity index (χ1) is 7.06. The summed E-state index contributed by atoms with van der Waals surface area (Å²) in [4.78, 5) is 0. The normalized spacial score (nSPS) is 15.0. The molecule has 2 heteroatoms. The third-order valence-electron chi connectivity index (χ3n) is 3.18. The maximum absolute atomic E-state index is 6.01. The highest BCUT2D eigenvalue weighted by molar-refractivity contribution is 6.31. The van der Waals surface area contributed by atoms with Crippen molar-refractivity contribution in [2.75, 3.05) is 6.54 Å². The summed E-state index contributed by atoms with van der Waals surface area (Å²) in [5.74, 6) is 1.17. The SMILES string of the molecule is Cc1cc(C(C)C(C)CCN)ccc1Cl. The van der Waals surface area contributed by atoms with E-state index in [0.717, 1.165) is 23.6 Å². The zero-order chi connectivity index (χ0) is 11.4. The molecule has 0 aliphatic heterocycles. The fraction of sp³-hybridized carbons (Fsp3) is 0.538. The zero-order valence-electron chi connectivity index (χ0n) is 9.76. The van der Waals surface area contributed by atoms with Crippen LogP contribution in [0.2, 0.25) is 5.02 Å². The van der Waals surface area contributed by atoms with Gasteiger partial charge in [-0.1, -0.05) is 37.6 Å². The van der Waals surface area contributed by atoms with Crippen molar-refractivity contribution in [3.63, 3.8) is 0 Å². The lowest BCUT2D eigenvalue weighted by Crippen LogP contribution is -2.12. The molecule has 1 aromatic rings. The summed E-state index contributed by atoms with van der Waals surface area (Å²) < 4.78 is 0. The largest absolute Gasteiger partial charge is 0.330 e. The van der Waals surface area contributed by atoms with Gasteiger partial charge in [-0.2, -0.15) is 0 Å². The Morgan fingerprint density at radius 1 is 1.33 bits per heavy atom. The molecule has 2 unspecified atom stereocenters. The summed E-state index contributed by atoms with van der Waals surface area (Å²) in [7, 11) is 0. The molecule has 0 radical (unpaired) electrons. The average molecular weight is 226 g/mol. The van der Waals surface area contributed by atoms with Crippen LogP contribution in [0.4, 0.5) is 0 Å². The third-order valence-corrected chi connectivity index (χ3v) is 3.61. The van der Waals surface area contributed by atoms with E-state index in [9.17, 15) is 0 Å². The molecule has 2 atom stereocenters. The van der Waals surface area contributed by atoms with E-state index in [1.807, 2.05) is 13.0 Å². The summed E-state index contributed by atoms with van der Waals surface area (Å²) in [6, 6.07) is 6.28. The van der Waals surface area contributed by atoms with E-state index in [4.69, 9.17) is 17.3 Å². The van der Waals surface area contributed by atoms with Crippen LogP contribution in [0.15, 0.2) is 18.2 Å². The van der Waals surface area contributed by atoms with Gasteiger partial charge in [-0.25, -0.2) is 0 Å². The Bertz CT molecular complexity index is 322. The smallest absolute Gasteiger partial charge is 0.0435 e. The van der Waals surface area contributed by atoms with E-state index in [0.29, 0.717) is 11.8 Å². The number of halogens is 1. The minimum Gasteiger partial charge on any atom is -0.330 e. The van der Waals surface area contributed by atoms with E-state index in [2.05, 4.69) is 26.0 Å². The molecule has 0 aliphatic carbocycles. The number of benzene rings is 1. The van der Waals surface area contributed by atoms with E-state index >= 15 is 0 Å². The van der Waals surface area contributed by atoms with E-state index in [-0.39, 0.29) is 0 Å². The van der Waals surface area contributed by atoms with Crippen LogP contribution in [-0.4, -0.2) is 6.54 Å².